The highest BCUT2D eigenvalue weighted by molar-refractivity contribution is 6.14. The molecule has 0 spiro atoms. The first-order valence-corrected chi connectivity index (χ1v) is 9.22. The number of hydrogen-bond donors (Lipinski definition) is 0. The summed E-state index contributed by atoms with van der Waals surface area (Å²) in [6.07, 6.45) is 2.54. The third kappa shape index (κ3) is 3.82. The first-order valence-electron chi connectivity index (χ1n) is 9.22. The van der Waals surface area contributed by atoms with Crippen molar-refractivity contribution < 1.29 is 33.3 Å². The lowest BCUT2D eigenvalue weighted by atomic mass is 10.1. The number of rotatable bonds is 5. The fourth-order valence-corrected chi connectivity index (χ4v) is 3.27. The van der Waals surface area contributed by atoms with E-state index in [0.29, 0.717) is 47.2 Å². The van der Waals surface area contributed by atoms with Gasteiger partial charge in [0.25, 0.3) is 0 Å². The van der Waals surface area contributed by atoms with Crippen molar-refractivity contribution in [1.82, 2.24) is 0 Å². The Kier molecular flexibility index (Phi) is 5.22. The summed E-state index contributed by atoms with van der Waals surface area (Å²) < 4.78 is 27.0. The second-order valence-corrected chi connectivity index (χ2v) is 6.63. The number of ether oxygens (including phenoxy) is 5. The zero-order chi connectivity index (χ0) is 20.4. The molecule has 2 aromatic rings. The number of carbonyl (C=O) groups is 2. The van der Waals surface area contributed by atoms with Gasteiger partial charge < -0.3 is 23.7 Å². The Morgan fingerprint density at radius 1 is 1.10 bits per heavy atom. The molecule has 0 aromatic heterocycles. The Morgan fingerprint density at radius 3 is 2.66 bits per heavy atom. The Hall–Kier alpha value is -3.32. The summed E-state index contributed by atoms with van der Waals surface area (Å²) in [5.74, 6) is 1.29. The second-order valence-electron chi connectivity index (χ2n) is 6.63. The molecule has 150 valence electrons. The lowest BCUT2D eigenvalue weighted by Gasteiger charge is -2.09. The van der Waals surface area contributed by atoms with Crippen LogP contribution in [0.5, 0.6) is 23.0 Å². The number of carbonyl (C=O) groups excluding carboxylic acids is 2. The van der Waals surface area contributed by atoms with E-state index in [2.05, 4.69) is 0 Å². The van der Waals surface area contributed by atoms with Crippen molar-refractivity contribution in [2.75, 3.05) is 20.8 Å². The smallest absolute Gasteiger partial charge is 0.340 e. The highest BCUT2D eigenvalue weighted by atomic mass is 16.6. The summed E-state index contributed by atoms with van der Waals surface area (Å²) >= 11 is 0. The van der Waals surface area contributed by atoms with Crippen LogP contribution >= 0.6 is 0 Å². The quantitative estimate of drug-likeness (QED) is 0.435. The minimum absolute atomic E-state index is 0.147. The number of esters is 1. The van der Waals surface area contributed by atoms with Crippen LogP contribution in [-0.2, 0) is 9.53 Å². The van der Waals surface area contributed by atoms with Gasteiger partial charge in [-0.3, -0.25) is 4.79 Å². The monoisotopic (exact) mass is 396 g/mol. The third-order valence-electron chi connectivity index (χ3n) is 4.78. The fraction of sp³-hybridized carbons (Fsp3) is 0.273. The van der Waals surface area contributed by atoms with Crippen molar-refractivity contribution >= 4 is 17.8 Å². The molecule has 4 rings (SSSR count). The Balaban J connectivity index is 1.57. The predicted molar refractivity (Wildman–Crippen MR) is 104 cm³/mol. The van der Waals surface area contributed by atoms with E-state index in [4.69, 9.17) is 23.7 Å². The Labute approximate surface area is 167 Å². The highest BCUT2D eigenvalue weighted by Gasteiger charge is 2.30. The van der Waals surface area contributed by atoms with E-state index >= 15 is 0 Å². The molecule has 0 aliphatic carbocycles. The summed E-state index contributed by atoms with van der Waals surface area (Å²) in [5, 5.41) is 0. The van der Waals surface area contributed by atoms with Gasteiger partial charge in [0.05, 0.1) is 19.8 Å². The van der Waals surface area contributed by atoms with Crippen LogP contribution in [0.3, 0.4) is 0 Å². The molecule has 29 heavy (non-hydrogen) atoms. The summed E-state index contributed by atoms with van der Waals surface area (Å²) in [4.78, 5) is 24.8. The molecule has 2 heterocycles. The van der Waals surface area contributed by atoms with Crippen LogP contribution in [-0.4, -0.2) is 38.7 Å². The molecule has 2 aliphatic rings. The maximum Gasteiger partial charge on any atom is 0.340 e. The van der Waals surface area contributed by atoms with E-state index in [1.54, 1.807) is 50.6 Å². The standard InChI is InChI=1S/C22H20O7/c1-25-14-6-8-17(26-2)13(10-14)11-20-21(23)16-7-5-15(12-19(16)29-20)28-22(24)18-4-3-9-27-18/h5-8,10-12,18H,3-4,9H2,1-2H3/b20-11-. The van der Waals surface area contributed by atoms with Crippen LogP contribution in [0.25, 0.3) is 6.08 Å². The highest BCUT2D eigenvalue weighted by Crippen LogP contribution is 2.36. The molecule has 2 aliphatic heterocycles. The molecule has 7 heteroatoms. The molecule has 1 atom stereocenters. The van der Waals surface area contributed by atoms with E-state index in [-0.39, 0.29) is 11.5 Å². The molecule has 0 amide bonds. The predicted octanol–water partition coefficient (Wildman–Crippen LogP) is 3.40. The number of hydrogen-bond acceptors (Lipinski definition) is 7. The van der Waals surface area contributed by atoms with Crippen molar-refractivity contribution in [1.29, 1.82) is 0 Å². The Morgan fingerprint density at radius 2 is 1.93 bits per heavy atom. The van der Waals surface area contributed by atoms with Gasteiger partial charge in [0.15, 0.2) is 11.9 Å². The molecule has 0 saturated carbocycles. The zero-order valence-corrected chi connectivity index (χ0v) is 16.1. The van der Waals surface area contributed by atoms with Crippen molar-refractivity contribution in [3.05, 3.63) is 53.3 Å². The summed E-state index contributed by atoms with van der Waals surface area (Å²) in [7, 11) is 3.11. The maximum atomic E-state index is 12.7. The molecular formula is C22H20O7. The van der Waals surface area contributed by atoms with Crippen molar-refractivity contribution in [2.45, 2.75) is 18.9 Å². The van der Waals surface area contributed by atoms with Gasteiger partial charge in [-0.15, -0.1) is 0 Å². The zero-order valence-electron chi connectivity index (χ0n) is 16.1. The maximum absolute atomic E-state index is 12.7. The van der Waals surface area contributed by atoms with Gasteiger partial charge in [0, 0.05) is 18.2 Å². The van der Waals surface area contributed by atoms with E-state index in [1.165, 1.54) is 6.07 Å². The van der Waals surface area contributed by atoms with Crippen molar-refractivity contribution in [3.63, 3.8) is 0 Å². The topological polar surface area (TPSA) is 80.3 Å². The molecule has 2 aromatic carbocycles. The van der Waals surface area contributed by atoms with E-state index in [9.17, 15) is 9.59 Å². The average molecular weight is 396 g/mol. The molecule has 1 fully saturated rings. The van der Waals surface area contributed by atoms with Crippen molar-refractivity contribution in [3.8, 4) is 23.0 Å². The first kappa shape index (κ1) is 19.0. The van der Waals surface area contributed by atoms with Crippen LogP contribution in [0.4, 0.5) is 0 Å². The lowest BCUT2D eigenvalue weighted by molar-refractivity contribution is -0.144. The van der Waals surface area contributed by atoms with Gasteiger partial charge in [-0.1, -0.05) is 0 Å². The normalized spacial score (nSPS) is 19.0. The second kappa shape index (κ2) is 7.97. The summed E-state index contributed by atoms with van der Waals surface area (Å²) in [6, 6.07) is 9.95. The van der Waals surface area contributed by atoms with Crippen LogP contribution in [0.2, 0.25) is 0 Å². The number of Topliss-reactive ketones (excluding diaryl/α,β-unsaturated/α-hetero) is 1. The summed E-state index contributed by atoms with van der Waals surface area (Å²) in [6.45, 7) is 0.559. The van der Waals surface area contributed by atoms with E-state index in [0.717, 1.165) is 6.42 Å². The van der Waals surface area contributed by atoms with Gasteiger partial charge in [-0.2, -0.15) is 0 Å². The van der Waals surface area contributed by atoms with Gasteiger partial charge in [-0.05, 0) is 49.2 Å². The first-order chi connectivity index (χ1) is 14.1. The molecule has 7 nitrogen and oxygen atoms in total. The fourth-order valence-electron chi connectivity index (χ4n) is 3.27. The molecule has 1 unspecified atom stereocenters. The van der Waals surface area contributed by atoms with Gasteiger partial charge in [0.1, 0.15) is 23.0 Å². The van der Waals surface area contributed by atoms with Crippen LogP contribution in [0.1, 0.15) is 28.8 Å². The number of allylic oxidation sites excluding steroid dienone is 1. The molecule has 0 radical (unpaired) electrons. The minimum atomic E-state index is -0.540. The van der Waals surface area contributed by atoms with E-state index < -0.39 is 12.1 Å². The molecule has 0 bridgehead atoms. The number of methoxy groups -OCH3 is 2. The van der Waals surface area contributed by atoms with Gasteiger partial charge >= 0.3 is 5.97 Å². The SMILES string of the molecule is COc1ccc(OC)c(/C=C2\Oc3cc(OC(=O)C4CCCO4)ccc3C2=O)c1. The van der Waals surface area contributed by atoms with Crippen LogP contribution in [0.15, 0.2) is 42.2 Å². The van der Waals surface area contributed by atoms with Gasteiger partial charge in [0.2, 0.25) is 5.78 Å². The lowest BCUT2D eigenvalue weighted by Crippen LogP contribution is -2.24. The van der Waals surface area contributed by atoms with Crippen molar-refractivity contribution in [2.24, 2.45) is 0 Å². The Bertz CT molecular complexity index is 987. The number of ketones is 1. The van der Waals surface area contributed by atoms with Crippen LogP contribution < -0.4 is 18.9 Å². The third-order valence-corrected chi connectivity index (χ3v) is 4.78. The largest absolute Gasteiger partial charge is 0.497 e. The number of benzene rings is 2. The molecular weight excluding hydrogens is 376 g/mol. The van der Waals surface area contributed by atoms with E-state index in [1.807, 2.05) is 0 Å². The summed E-state index contributed by atoms with van der Waals surface area (Å²) in [5.41, 5.74) is 1.04. The average Bonchev–Trinajstić information content (AvgIpc) is 3.37. The van der Waals surface area contributed by atoms with Gasteiger partial charge in [-0.25, -0.2) is 4.79 Å². The molecule has 0 N–H and O–H groups in total. The number of fused-ring (bicyclic) bond motifs is 1. The molecule has 1 saturated heterocycles. The minimum Gasteiger partial charge on any atom is -0.497 e. The van der Waals surface area contributed by atoms with Crippen LogP contribution in [0, 0.1) is 0 Å².